The van der Waals surface area contributed by atoms with Gasteiger partial charge < -0.3 is 4.74 Å². The summed E-state index contributed by atoms with van der Waals surface area (Å²) in [6.07, 6.45) is 0. The van der Waals surface area contributed by atoms with Crippen molar-refractivity contribution in [2.24, 2.45) is 0 Å². The van der Waals surface area contributed by atoms with E-state index < -0.39 is 4.92 Å². The number of nitrogens with one attached hydrogen (secondary N) is 1. The molecule has 8 heteroatoms. The van der Waals surface area contributed by atoms with Crippen LogP contribution in [0.4, 0.5) is 5.69 Å². The highest BCUT2D eigenvalue weighted by molar-refractivity contribution is 7.71. The van der Waals surface area contributed by atoms with Gasteiger partial charge in [0.25, 0.3) is 0 Å². The van der Waals surface area contributed by atoms with Crippen LogP contribution in [0, 0.1) is 14.9 Å². The Kier molecular flexibility index (Phi) is 3.84. The number of nitro benzene ring substituents is 1. The highest BCUT2D eigenvalue weighted by atomic mass is 32.1. The first-order valence-corrected chi connectivity index (χ1v) is 6.36. The largest absolute Gasteiger partial charge is 0.490 e. The maximum Gasteiger partial charge on any atom is 0.311 e. The molecule has 1 aromatic heterocycles. The molecule has 0 saturated carbocycles. The van der Waals surface area contributed by atoms with E-state index in [9.17, 15) is 10.1 Å². The Morgan fingerprint density at radius 1 is 1.50 bits per heavy atom. The van der Waals surface area contributed by atoms with Crippen LogP contribution in [-0.4, -0.2) is 26.8 Å². The highest BCUT2D eigenvalue weighted by Crippen LogP contribution is 2.37. The number of hydrogen-bond acceptors (Lipinski definition) is 5. The summed E-state index contributed by atoms with van der Waals surface area (Å²) in [6, 6.07) is 4.78. The Morgan fingerprint density at radius 3 is 2.75 bits per heavy atom. The fraction of sp³-hybridized carbons (Fsp3) is 0.333. The second kappa shape index (κ2) is 5.41. The first kappa shape index (κ1) is 14.2. The molecular formula is C12H14N4O3S. The molecule has 0 aliphatic rings. The normalized spacial score (nSPS) is 10.8. The van der Waals surface area contributed by atoms with E-state index in [1.165, 1.54) is 13.2 Å². The summed E-state index contributed by atoms with van der Waals surface area (Å²) in [4.78, 5) is 10.6. The van der Waals surface area contributed by atoms with Gasteiger partial charge in [0.2, 0.25) is 5.75 Å². The first-order valence-electron chi connectivity index (χ1n) is 5.96. The van der Waals surface area contributed by atoms with Crippen molar-refractivity contribution in [1.82, 2.24) is 14.8 Å². The number of nitrogens with zero attached hydrogens (tertiary/aromatic N) is 3. The van der Waals surface area contributed by atoms with Gasteiger partial charge in [-0.05, 0) is 32.1 Å². The summed E-state index contributed by atoms with van der Waals surface area (Å²) < 4.78 is 7.44. The van der Waals surface area contributed by atoms with Gasteiger partial charge in [-0.1, -0.05) is 6.07 Å². The lowest BCUT2D eigenvalue weighted by Gasteiger charge is -2.12. The van der Waals surface area contributed by atoms with E-state index in [-0.39, 0.29) is 17.5 Å². The van der Waals surface area contributed by atoms with Gasteiger partial charge in [0.15, 0.2) is 10.6 Å². The topological polar surface area (TPSA) is 86.0 Å². The van der Waals surface area contributed by atoms with Crippen molar-refractivity contribution in [2.45, 2.75) is 19.9 Å². The fourth-order valence-electron chi connectivity index (χ4n) is 2.03. The van der Waals surface area contributed by atoms with E-state index in [4.69, 9.17) is 17.0 Å². The van der Waals surface area contributed by atoms with Crippen LogP contribution in [-0.2, 0) is 0 Å². The van der Waals surface area contributed by atoms with Crippen LogP contribution >= 0.6 is 12.2 Å². The zero-order chi connectivity index (χ0) is 14.9. The molecule has 7 nitrogen and oxygen atoms in total. The zero-order valence-corrected chi connectivity index (χ0v) is 12.1. The molecule has 0 aliphatic heterocycles. The second-order valence-corrected chi connectivity index (χ2v) is 4.82. The number of nitro groups is 1. The number of rotatable bonds is 4. The third kappa shape index (κ3) is 2.29. The SMILES string of the molecule is COc1c(-c2n[nH]c(=S)n2C(C)C)cccc1[N+](=O)[O-]. The minimum absolute atomic E-state index is 0.0696. The molecule has 106 valence electrons. The van der Waals surface area contributed by atoms with Gasteiger partial charge >= 0.3 is 5.69 Å². The van der Waals surface area contributed by atoms with Crippen LogP contribution in [0.2, 0.25) is 0 Å². The van der Waals surface area contributed by atoms with Gasteiger partial charge in [0.1, 0.15) is 0 Å². The Balaban J connectivity index is 2.74. The number of aromatic nitrogens is 3. The van der Waals surface area contributed by atoms with Crippen LogP contribution in [0.15, 0.2) is 18.2 Å². The molecule has 2 rings (SSSR count). The van der Waals surface area contributed by atoms with Gasteiger partial charge in [0.05, 0.1) is 17.6 Å². The maximum absolute atomic E-state index is 11.1. The lowest BCUT2D eigenvalue weighted by molar-refractivity contribution is -0.385. The predicted octanol–water partition coefficient (Wildman–Crippen LogP) is 3.11. The van der Waals surface area contributed by atoms with Gasteiger partial charge in [0, 0.05) is 12.1 Å². The van der Waals surface area contributed by atoms with E-state index >= 15 is 0 Å². The van der Waals surface area contributed by atoms with Gasteiger partial charge in [-0.25, -0.2) is 0 Å². The van der Waals surface area contributed by atoms with Gasteiger partial charge in [-0.3, -0.25) is 19.8 Å². The number of ether oxygens (including phenoxy) is 1. The Hall–Kier alpha value is -2.22. The Labute approximate surface area is 120 Å². The number of aromatic amines is 1. The number of hydrogen-bond donors (Lipinski definition) is 1. The average molecular weight is 294 g/mol. The van der Waals surface area contributed by atoms with Crippen LogP contribution in [0.1, 0.15) is 19.9 Å². The summed E-state index contributed by atoms with van der Waals surface area (Å²) in [5.41, 5.74) is 0.428. The van der Waals surface area contributed by atoms with E-state index in [0.29, 0.717) is 16.2 Å². The molecule has 1 aromatic carbocycles. The molecule has 0 unspecified atom stereocenters. The minimum atomic E-state index is -0.483. The summed E-state index contributed by atoms with van der Waals surface area (Å²) in [5, 5.41) is 17.9. The lowest BCUT2D eigenvalue weighted by atomic mass is 10.1. The third-order valence-corrected chi connectivity index (χ3v) is 3.14. The molecule has 0 aliphatic carbocycles. The molecule has 0 atom stereocenters. The monoisotopic (exact) mass is 294 g/mol. The number of benzene rings is 1. The van der Waals surface area contributed by atoms with E-state index in [2.05, 4.69) is 10.2 Å². The van der Waals surface area contributed by atoms with Crippen molar-refractivity contribution in [3.05, 3.63) is 33.1 Å². The average Bonchev–Trinajstić information content (AvgIpc) is 2.79. The third-order valence-electron chi connectivity index (χ3n) is 2.86. The van der Waals surface area contributed by atoms with Crippen molar-refractivity contribution < 1.29 is 9.66 Å². The maximum atomic E-state index is 11.1. The molecule has 0 saturated heterocycles. The number of methoxy groups -OCH3 is 1. The van der Waals surface area contributed by atoms with E-state index in [1.54, 1.807) is 16.7 Å². The lowest BCUT2D eigenvalue weighted by Crippen LogP contribution is -2.05. The predicted molar refractivity (Wildman–Crippen MR) is 76.4 cm³/mol. The molecule has 0 amide bonds. The molecule has 2 aromatic rings. The molecule has 1 heterocycles. The van der Waals surface area contributed by atoms with Gasteiger partial charge in [-0.15, -0.1) is 0 Å². The molecule has 20 heavy (non-hydrogen) atoms. The van der Waals surface area contributed by atoms with Crippen LogP contribution in [0.25, 0.3) is 11.4 Å². The fourth-order valence-corrected chi connectivity index (χ4v) is 2.38. The van der Waals surface area contributed by atoms with Crippen LogP contribution < -0.4 is 4.74 Å². The Morgan fingerprint density at radius 2 is 2.20 bits per heavy atom. The first-order chi connectivity index (χ1) is 9.47. The van der Waals surface area contributed by atoms with Gasteiger partial charge in [-0.2, -0.15) is 5.10 Å². The second-order valence-electron chi connectivity index (χ2n) is 4.43. The summed E-state index contributed by atoms with van der Waals surface area (Å²) in [6.45, 7) is 3.91. The van der Waals surface area contributed by atoms with Crippen molar-refractivity contribution >= 4 is 17.9 Å². The van der Waals surface area contributed by atoms with E-state index in [1.807, 2.05) is 13.8 Å². The number of para-hydroxylation sites is 1. The van der Waals surface area contributed by atoms with Crippen LogP contribution in [0.3, 0.4) is 0 Å². The molecule has 0 spiro atoms. The van der Waals surface area contributed by atoms with Crippen molar-refractivity contribution in [3.63, 3.8) is 0 Å². The molecule has 1 N–H and O–H groups in total. The summed E-state index contributed by atoms with van der Waals surface area (Å²) in [7, 11) is 1.40. The summed E-state index contributed by atoms with van der Waals surface area (Å²) >= 11 is 5.18. The zero-order valence-electron chi connectivity index (χ0n) is 11.3. The quantitative estimate of drug-likeness (QED) is 0.532. The Bertz CT molecular complexity index is 705. The minimum Gasteiger partial charge on any atom is -0.490 e. The van der Waals surface area contributed by atoms with Crippen molar-refractivity contribution in [1.29, 1.82) is 0 Å². The van der Waals surface area contributed by atoms with E-state index in [0.717, 1.165) is 0 Å². The molecular weight excluding hydrogens is 280 g/mol. The smallest absolute Gasteiger partial charge is 0.311 e. The molecule has 0 radical (unpaired) electrons. The summed E-state index contributed by atoms with van der Waals surface area (Å²) in [5.74, 6) is 0.693. The standard InChI is InChI=1S/C12H14N4O3S/c1-7(2)15-11(13-14-12(15)20)8-5-4-6-9(16(17)18)10(8)19-3/h4-7H,1-3H3,(H,14,20). The molecule has 0 bridgehead atoms. The highest BCUT2D eigenvalue weighted by Gasteiger charge is 2.23. The number of H-pyrrole nitrogens is 1. The van der Waals surface area contributed by atoms with Crippen molar-refractivity contribution in [2.75, 3.05) is 7.11 Å². The molecule has 0 fully saturated rings. The van der Waals surface area contributed by atoms with Crippen molar-refractivity contribution in [3.8, 4) is 17.1 Å². The van der Waals surface area contributed by atoms with Crippen LogP contribution in [0.5, 0.6) is 5.75 Å².